The molecule has 1 N–H and O–H groups in total. The number of ether oxygens (including phenoxy) is 1. The number of benzene rings is 2. The van der Waals surface area contributed by atoms with E-state index in [1.165, 1.54) is 11.1 Å². The topological polar surface area (TPSA) is 38.3 Å². The molecule has 0 saturated carbocycles. The molecule has 2 aromatic carbocycles. The molecule has 1 amide bonds. The summed E-state index contributed by atoms with van der Waals surface area (Å²) in [5.41, 5.74) is 3.39. The maximum absolute atomic E-state index is 12.0. The molecule has 0 aromatic heterocycles. The van der Waals surface area contributed by atoms with Crippen LogP contribution >= 0.6 is 11.6 Å². The van der Waals surface area contributed by atoms with Crippen molar-refractivity contribution in [2.24, 2.45) is 0 Å². The average molecular weight is 332 g/mol. The summed E-state index contributed by atoms with van der Waals surface area (Å²) >= 11 is 5.89. The van der Waals surface area contributed by atoms with Gasteiger partial charge in [0.2, 0.25) is 5.91 Å². The van der Waals surface area contributed by atoms with E-state index < -0.39 is 0 Å². The largest absolute Gasteiger partial charge is 0.375 e. The van der Waals surface area contributed by atoms with Crippen LogP contribution in [0.3, 0.4) is 0 Å². The molecule has 0 aliphatic carbocycles. The van der Waals surface area contributed by atoms with Gasteiger partial charge in [-0.05, 0) is 36.6 Å². The Bertz CT molecular complexity index is 640. The van der Waals surface area contributed by atoms with Gasteiger partial charge in [0.1, 0.15) is 0 Å². The minimum atomic E-state index is -0.171. The molecular weight excluding hydrogens is 310 g/mol. The van der Waals surface area contributed by atoms with Crippen molar-refractivity contribution in [1.29, 1.82) is 0 Å². The standard InChI is InChI=1S/C19H22ClNO2/c1-14-4-3-5-15(12-14)6-11-19(22)21-13-18(23-2)16-7-9-17(20)10-8-16/h3-5,7-10,12,18H,6,11,13H2,1-2H3,(H,21,22)/t18-/m0/s1. The molecule has 0 radical (unpaired) electrons. The molecule has 2 aromatic rings. The van der Waals surface area contributed by atoms with Crippen LogP contribution in [0.15, 0.2) is 48.5 Å². The van der Waals surface area contributed by atoms with E-state index >= 15 is 0 Å². The molecule has 2 rings (SSSR count). The van der Waals surface area contributed by atoms with Crippen molar-refractivity contribution in [3.05, 3.63) is 70.2 Å². The van der Waals surface area contributed by atoms with E-state index in [1.54, 1.807) is 7.11 Å². The number of rotatable bonds is 7. The van der Waals surface area contributed by atoms with Gasteiger partial charge >= 0.3 is 0 Å². The smallest absolute Gasteiger partial charge is 0.220 e. The first-order chi connectivity index (χ1) is 11.1. The number of halogens is 1. The summed E-state index contributed by atoms with van der Waals surface area (Å²) in [6.07, 6.45) is 1.04. The van der Waals surface area contributed by atoms with Crippen LogP contribution in [0.4, 0.5) is 0 Å². The summed E-state index contributed by atoms with van der Waals surface area (Å²) in [5, 5.41) is 3.62. The molecule has 1 atom stereocenters. The predicted octanol–water partition coefficient (Wildman–Crippen LogP) is 4.08. The lowest BCUT2D eigenvalue weighted by molar-refractivity contribution is -0.121. The highest BCUT2D eigenvalue weighted by molar-refractivity contribution is 6.30. The van der Waals surface area contributed by atoms with Crippen LogP contribution in [-0.2, 0) is 16.0 Å². The number of aryl methyl sites for hydroxylation is 2. The van der Waals surface area contributed by atoms with Crippen LogP contribution in [0, 0.1) is 6.92 Å². The van der Waals surface area contributed by atoms with Crippen molar-refractivity contribution in [1.82, 2.24) is 5.32 Å². The number of amides is 1. The Balaban J connectivity index is 1.81. The lowest BCUT2D eigenvalue weighted by Crippen LogP contribution is -2.29. The van der Waals surface area contributed by atoms with Crippen molar-refractivity contribution >= 4 is 17.5 Å². The number of carbonyl (C=O) groups is 1. The van der Waals surface area contributed by atoms with Crippen molar-refractivity contribution < 1.29 is 9.53 Å². The van der Waals surface area contributed by atoms with Gasteiger partial charge < -0.3 is 10.1 Å². The van der Waals surface area contributed by atoms with Crippen molar-refractivity contribution in [3.8, 4) is 0 Å². The first-order valence-electron chi connectivity index (χ1n) is 7.69. The molecule has 0 aliphatic heterocycles. The minimum Gasteiger partial charge on any atom is -0.375 e. The van der Waals surface area contributed by atoms with Gasteiger partial charge in [-0.2, -0.15) is 0 Å². The number of carbonyl (C=O) groups excluding carboxylic acids is 1. The summed E-state index contributed by atoms with van der Waals surface area (Å²) in [6, 6.07) is 15.7. The number of hydrogen-bond acceptors (Lipinski definition) is 2. The van der Waals surface area contributed by atoms with Crippen LogP contribution in [0.2, 0.25) is 5.02 Å². The van der Waals surface area contributed by atoms with E-state index in [1.807, 2.05) is 36.4 Å². The summed E-state index contributed by atoms with van der Waals surface area (Å²) in [6.45, 7) is 2.50. The van der Waals surface area contributed by atoms with Crippen LogP contribution < -0.4 is 5.32 Å². The van der Waals surface area contributed by atoms with E-state index in [2.05, 4.69) is 24.4 Å². The van der Waals surface area contributed by atoms with Gasteiger partial charge in [0.15, 0.2) is 0 Å². The van der Waals surface area contributed by atoms with Crippen molar-refractivity contribution in [2.45, 2.75) is 25.9 Å². The number of methoxy groups -OCH3 is 1. The maximum atomic E-state index is 12.0. The molecule has 0 fully saturated rings. The molecule has 0 aliphatic rings. The highest BCUT2D eigenvalue weighted by Crippen LogP contribution is 2.18. The lowest BCUT2D eigenvalue weighted by atomic mass is 10.1. The predicted molar refractivity (Wildman–Crippen MR) is 93.7 cm³/mol. The summed E-state index contributed by atoms with van der Waals surface area (Å²) in [5.74, 6) is 0.0301. The maximum Gasteiger partial charge on any atom is 0.220 e. The van der Waals surface area contributed by atoms with Crippen LogP contribution in [0.25, 0.3) is 0 Å². The van der Waals surface area contributed by atoms with Crippen LogP contribution in [0.1, 0.15) is 29.2 Å². The van der Waals surface area contributed by atoms with Crippen molar-refractivity contribution in [3.63, 3.8) is 0 Å². The van der Waals surface area contributed by atoms with E-state index in [9.17, 15) is 4.79 Å². The van der Waals surface area contributed by atoms with E-state index in [0.29, 0.717) is 18.0 Å². The molecule has 23 heavy (non-hydrogen) atoms. The van der Waals surface area contributed by atoms with Gasteiger partial charge in [0.25, 0.3) is 0 Å². The first-order valence-corrected chi connectivity index (χ1v) is 8.07. The number of nitrogens with one attached hydrogen (secondary N) is 1. The van der Waals surface area contributed by atoms with E-state index in [-0.39, 0.29) is 12.0 Å². The van der Waals surface area contributed by atoms with Gasteiger partial charge in [-0.1, -0.05) is 53.6 Å². The van der Waals surface area contributed by atoms with Crippen LogP contribution in [-0.4, -0.2) is 19.6 Å². The SMILES string of the molecule is CO[C@@H](CNC(=O)CCc1cccc(C)c1)c1ccc(Cl)cc1. The van der Waals surface area contributed by atoms with E-state index in [0.717, 1.165) is 12.0 Å². The number of hydrogen-bond donors (Lipinski definition) is 1. The summed E-state index contributed by atoms with van der Waals surface area (Å²) in [4.78, 5) is 12.0. The second kappa shape index (κ2) is 8.70. The molecule has 3 nitrogen and oxygen atoms in total. The fraction of sp³-hybridized carbons (Fsp3) is 0.316. The van der Waals surface area contributed by atoms with Crippen molar-refractivity contribution in [2.75, 3.05) is 13.7 Å². The van der Waals surface area contributed by atoms with Gasteiger partial charge in [-0.3, -0.25) is 4.79 Å². The summed E-state index contributed by atoms with van der Waals surface area (Å²) in [7, 11) is 1.64. The monoisotopic (exact) mass is 331 g/mol. The zero-order valence-corrected chi connectivity index (χ0v) is 14.3. The second-order valence-electron chi connectivity index (χ2n) is 5.57. The molecule has 122 valence electrons. The Morgan fingerprint density at radius 2 is 1.96 bits per heavy atom. The third-order valence-electron chi connectivity index (χ3n) is 3.73. The first kappa shape index (κ1) is 17.5. The zero-order valence-electron chi connectivity index (χ0n) is 13.5. The third-order valence-corrected chi connectivity index (χ3v) is 3.99. The van der Waals surface area contributed by atoms with Gasteiger partial charge in [-0.15, -0.1) is 0 Å². The quantitative estimate of drug-likeness (QED) is 0.830. The Kier molecular flexibility index (Phi) is 6.63. The van der Waals surface area contributed by atoms with Gasteiger partial charge in [0.05, 0.1) is 6.10 Å². The average Bonchev–Trinajstić information content (AvgIpc) is 2.55. The molecule has 0 heterocycles. The van der Waals surface area contributed by atoms with Crippen LogP contribution in [0.5, 0.6) is 0 Å². The fourth-order valence-electron chi connectivity index (χ4n) is 2.44. The fourth-order valence-corrected chi connectivity index (χ4v) is 2.56. The van der Waals surface area contributed by atoms with Gasteiger partial charge in [0, 0.05) is 25.1 Å². The Labute approximate surface area is 142 Å². The third kappa shape index (κ3) is 5.70. The highest BCUT2D eigenvalue weighted by Gasteiger charge is 2.12. The Morgan fingerprint density at radius 3 is 2.61 bits per heavy atom. The minimum absolute atomic E-state index is 0.0301. The lowest BCUT2D eigenvalue weighted by Gasteiger charge is -2.16. The van der Waals surface area contributed by atoms with E-state index in [4.69, 9.17) is 16.3 Å². The highest BCUT2D eigenvalue weighted by atomic mass is 35.5. The normalized spacial score (nSPS) is 12.0. The molecule has 0 spiro atoms. The Morgan fingerprint density at radius 1 is 1.22 bits per heavy atom. The zero-order chi connectivity index (χ0) is 16.7. The summed E-state index contributed by atoms with van der Waals surface area (Å²) < 4.78 is 5.45. The molecule has 0 unspecified atom stereocenters. The molecular formula is C19H22ClNO2. The molecule has 0 saturated heterocycles. The molecule has 4 heteroatoms. The second-order valence-corrected chi connectivity index (χ2v) is 6.01. The Hall–Kier alpha value is -1.84. The van der Waals surface area contributed by atoms with Gasteiger partial charge in [-0.25, -0.2) is 0 Å². The molecule has 0 bridgehead atoms.